The van der Waals surface area contributed by atoms with E-state index in [-0.39, 0.29) is 0 Å². The molecule has 0 aromatic heterocycles. The molecule has 76 valence electrons. The SMILES string of the molecule is C[Si](C)(C)C#C/C=C\C#C[Si](C)(C)C. The second-order valence-corrected chi connectivity index (χ2v) is 14.9. The van der Waals surface area contributed by atoms with E-state index in [1.165, 1.54) is 0 Å². The second kappa shape index (κ2) is 5.24. The van der Waals surface area contributed by atoms with Crippen LogP contribution in [0.25, 0.3) is 0 Å². The average molecular weight is 220 g/mol. The number of rotatable bonds is 0. The van der Waals surface area contributed by atoms with E-state index < -0.39 is 16.1 Å². The van der Waals surface area contributed by atoms with Crippen LogP contribution in [0.5, 0.6) is 0 Å². The Kier molecular flexibility index (Phi) is 4.98. The lowest BCUT2D eigenvalue weighted by atomic mass is 10.5. The zero-order valence-corrected chi connectivity index (χ0v) is 12.2. The van der Waals surface area contributed by atoms with Gasteiger partial charge in [-0.25, -0.2) is 0 Å². The summed E-state index contributed by atoms with van der Waals surface area (Å²) in [5, 5.41) is 0. The van der Waals surface area contributed by atoms with Crippen LogP contribution in [-0.2, 0) is 0 Å². The fraction of sp³-hybridized carbons (Fsp3) is 0.500. The first kappa shape index (κ1) is 13.3. The van der Waals surface area contributed by atoms with Gasteiger partial charge in [-0.2, -0.15) is 0 Å². The van der Waals surface area contributed by atoms with Crippen LogP contribution in [0, 0.1) is 22.9 Å². The van der Waals surface area contributed by atoms with Crippen molar-refractivity contribution in [3.05, 3.63) is 12.2 Å². The topological polar surface area (TPSA) is 0 Å². The quantitative estimate of drug-likeness (QED) is 0.434. The van der Waals surface area contributed by atoms with Crippen molar-refractivity contribution in [2.24, 2.45) is 0 Å². The zero-order chi connectivity index (χ0) is 11.2. The zero-order valence-electron chi connectivity index (χ0n) is 10.2. The van der Waals surface area contributed by atoms with E-state index in [4.69, 9.17) is 0 Å². The summed E-state index contributed by atoms with van der Waals surface area (Å²) < 4.78 is 0. The van der Waals surface area contributed by atoms with Crippen LogP contribution in [0.2, 0.25) is 39.3 Å². The predicted octanol–water partition coefficient (Wildman–Crippen LogP) is 3.30. The van der Waals surface area contributed by atoms with Gasteiger partial charge in [-0.05, 0) is 12.2 Å². The van der Waals surface area contributed by atoms with Crippen molar-refractivity contribution in [1.29, 1.82) is 0 Å². The third-order valence-corrected chi connectivity index (χ3v) is 2.93. The van der Waals surface area contributed by atoms with Gasteiger partial charge in [0, 0.05) is 0 Å². The molecular formula is C12H20Si2. The van der Waals surface area contributed by atoms with E-state index >= 15 is 0 Å². The van der Waals surface area contributed by atoms with E-state index in [2.05, 4.69) is 62.2 Å². The molecule has 0 aromatic rings. The molecule has 0 heterocycles. The van der Waals surface area contributed by atoms with Gasteiger partial charge in [0.25, 0.3) is 0 Å². The summed E-state index contributed by atoms with van der Waals surface area (Å²) in [6.07, 6.45) is 3.73. The molecule has 0 saturated heterocycles. The molecule has 0 spiro atoms. The summed E-state index contributed by atoms with van der Waals surface area (Å²) in [7, 11) is -2.41. The molecule has 0 atom stereocenters. The van der Waals surface area contributed by atoms with Crippen LogP contribution in [0.3, 0.4) is 0 Å². The Balaban J connectivity index is 4.20. The minimum absolute atomic E-state index is 1.21. The Morgan fingerprint density at radius 1 is 0.643 bits per heavy atom. The Labute approximate surface area is 90.8 Å². The minimum atomic E-state index is -1.21. The van der Waals surface area contributed by atoms with Gasteiger partial charge in [-0.15, -0.1) is 11.1 Å². The van der Waals surface area contributed by atoms with Gasteiger partial charge in [-0.1, -0.05) is 51.1 Å². The van der Waals surface area contributed by atoms with E-state index in [9.17, 15) is 0 Å². The van der Waals surface area contributed by atoms with Crippen LogP contribution < -0.4 is 0 Å². The maximum Gasteiger partial charge on any atom is 0.129 e. The highest BCUT2D eigenvalue weighted by Gasteiger charge is 2.07. The summed E-state index contributed by atoms with van der Waals surface area (Å²) in [4.78, 5) is 0. The molecule has 14 heavy (non-hydrogen) atoms. The maximum atomic E-state index is 3.27. The van der Waals surface area contributed by atoms with Crippen molar-refractivity contribution < 1.29 is 0 Å². The standard InChI is InChI=1S/C12H20Si2/c1-13(2,3)11-9-7-8-10-12-14(4,5)6/h7-8H,1-6H3/b8-7-. The van der Waals surface area contributed by atoms with Gasteiger partial charge < -0.3 is 0 Å². The van der Waals surface area contributed by atoms with Gasteiger partial charge in [0.15, 0.2) is 0 Å². The molecule has 0 radical (unpaired) electrons. The third kappa shape index (κ3) is 11.3. The molecule has 0 nitrogen and oxygen atoms in total. The molecule has 0 amide bonds. The first-order valence-corrected chi connectivity index (χ1v) is 11.9. The Morgan fingerprint density at radius 3 is 1.14 bits per heavy atom. The molecular weight excluding hydrogens is 200 g/mol. The van der Waals surface area contributed by atoms with Crippen molar-refractivity contribution in [2.45, 2.75) is 39.3 Å². The highest BCUT2D eigenvalue weighted by molar-refractivity contribution is 6.84. The van der Waals surface area contributed by atoms with Crippen molar-refractivity contribution >= 4 is 16.1 Å². The molecule has 0 bridgehead atoms. The van der Waals surface area contributed by atoms with Gasteiger partial charge in [-0.3, -0.25) is 0 Å². The predicted molar refractivity (Wildman–Crippen MR) is 71.4 cm³/mol. The molecule has 0 aromatic carbocycles. The molecule has 0 aliphatic heterocycles. The summed E-state index contributed by atoms with van der Waals surface area (Å²) >= 11 is 0. The Morgan fingerprint density at radius 2 is 0.929 bits per heavy atom. The average Bonchev–Trinajstić information content (AvgIpc) is 1.92. The fourth-order valence-electron chi connectivity index (χ4n) is 0.600. The van der Waals surface area contributed by atoms with Crippen molar-refractivity contribution in [3.8, 4) is 22.9 Å². The normalized spacial score (nSPS) is 11.6. The first-order valence-electron chi connectivity index (χ1n) is 4.91. The molecule has 2 heteroatoms. The smallest absolute Gasteiger partial charge is 0.127 e. The highest BCUT2D eigenvalue weighted by Crippen LogP contribution is 1.96. The molecule has 0 N–H and O–H groups in total. The highest BCUT2D eigenvalue weighted by atomic mass is 28.3. The molecule has 0 unspecified atom stereocenters. The van der Waals surface area contributed by atoms with Crippen LogP contribution in [0.4, 0.5) is 0 Å². The lowest BCUT2D eigenvalue weighted by Crippen LogP contribution is -2.16. The molecule has 0 aliphatic carbocycles. The first-order chi connectivity index (χ1) is 6.21. The lowest BCUT2D eigenvalue weighted by Gasteiger charge is -2.02. The molecule has 0 fully saturated rings. The minimum Gasteiger partial charge on any atom is -0.127 e. The third-order valence-electron chi connectivity index (χ3n) is 1.14. The van der Waals surface area contributed by atoms with Crippen molar-refractivity contribution in [1.82, 2.24) is 0 Å². The monoisotopic (exact) mass is 220 g/mol. The van der Waals surface area contributed by atoms with Crippen LogP contribution in [-0.4, -0.2) is 16.1 Å². The van der Waals surface area contributed by atoms with Gasteiger partial charge >= 0.3 is 0 Å². The summed E-state index contributed by atoms with van der Waals surface area (Å²) in [6.45, 7) is 13.4. The summed E-state index contributed by atoms with van der Waals surface area (Å²) in [6, 6.07) is 0. The number of hydrogen-bond donors (Lipinski definition) is 0. The number of hydrogen-bond acceptors (Lipinski definition) is 0. The fourth-order valence-corrected chi connectivity index (χ4v) is 1.63. The Bertz CT molecular complexity index is 282. The van der Waals surface area contributed by atoms with E-state index in [1.807, 2.05) is 12.2 Å². The van der Waals surface area contributed by atoms with Gasteiger partial charge in [0.1, 0.15) is 16.1 Å². The maximum absolute atomic E-state index is 3.27. The van der Waals surface area contributed by atoms with E-state index in [0.717, 1.165) is 0 Å². The van der Waals surface area contributed by atoms with Crippen molar-refractivity contribution in [2.75, 3.05) is 0 Å². The summed E-state index contributed by atoms with van der Waals surface area (Å²) in [5.74, 6) is 6.11. The Hall–Kier alpha value is -0.706. The van der Waals surface area contributed by atoms with E-state index in [0.29, 0.717) is 0 Å². The van der Waals surface area contributed by atoms with Crippen molar-refractivity contribution in [3.63, 3.8) is 0 Å². The van der Waals surface area contributed by atoms with Crippen LogP contribution in [0.15, 0.2) is 12.2 Å². The largest absolute Gasteiger partial charge is 0.129 e. The molecule has 0 rings (SSSR count). The second-order valence-electron chi connectivity index (χ2n) is 5.37. The molecule has 0 saturated carbocycles. The molecule has 0 aliphatic rings. The lowest BCUT2D eigenvalue weighted by molar-refractivity contribution is 1.81. The van der Waals surface area contributed by atoms with Crippen LogP contribution in [0.1, 0.15) is 0 Å². The number of allylic oxidation sites excluding steroid dienone is 2. The van der Waals surface area contributed by atoms with Gasteiger partial charge in [0.2, 0.25) is 0 Å². The van der Waals surface area contributed by atoms with Crippen LogP contribution >= 0.6 is 0 Å². The van der Waals surface area contributed by atoms with E-state index in [1.54, 1.807) is 0 Å². The van der Waals surface area contributed by atoms with Gasteiger partial charge in [0.05, 0.1) is 0 Å². The summed E-state index contributed by atoms with van der Waals surface area (Å²) in [5.41, 5.74) is 6.53.